The second-order valence-electron chi connectivity index (χ2n) is 1.29. The van der Waals surface area contributed by atoms with Gasteiger partial charge in [0.2, 0.25) is 0 Å². The molecule has 1 aromatic heterocycles. The van der Waals surface area contributed by atoms with Gasteiger partial charge >= 0.3 is 0 Å². The summed E-state index contributed by atoms with van der Waals surface area (Å²) < 4.78 is 20.4. The number of thiazole rings is 1. The molecule has 1 aromatic rings. The third-order valence-corrected chi connectivity index (χ3v) is 4.28. The maximum atomic E-state index is 10.5. The van der Waals surface area contributed by atoms with Gasteiger partial charge in [-0.3, -0.25) is 0 Å². The Kier molecular flexibility index (Phi) is 2.99. The highest BCUT2D eigenvalue weighted by molar-refractivity contribution is 9.11. The highest BCUT2D eigenvalue weighted by Crippen LogP contribution is 2.29. The average Bonchev–Trinajstić information content (AvgIpc) is 2.10. The summed E-state index contributed by atoms with van der Waals surface area (Å²) in [6.07, 6.45) is 0. The van der Waals surface area contributed by atoms with Crippen LogP contribution in [-0.2, 0) is 11.1 Å². The second-order valence-corrected chi connectivity index (χ2v) is 5.49. The van der Waals surface area contributed by atoms with Crippen LogP contribution >= 0.6 is 43.2 Å². The Hall–Kier alpha value is 0.700. The molecule has 7 heteroatoms. The molecule has 0 spiro atoms. The smallest absolute Gasteiger partial charge is 0.199 e. The minimum atomic E-state index is -1.94. The number of hydrogen-bond donors (Lipinski definition) is 1. The maximum absolute atomic E-state index is 10.5. The molecule has 0 radical (unpaired) electrons. The Balaban J connectivity index is 3.15. The predicted octanol–water partition coefficient (Wildman–Crippen LogP) is 2.25. The molecule has 0 saturated heterocycles. The standard InChI is InChI=1S/C3HBr2NO2S2/c4-1-2(10(7)8)9-3(5)6-1/h(H,7,8). The Bertz CT molecular complexity index is 273. The number of nitrogens with zero attached hydrogens (tertiary/aromatic N) is 1. The van der Waals surface area contributed by atoms with Crippen LogP contribution < -0.4 is 0 Å². The molecule has 56 valence electrons. The third kappa shape index (κ3) is 1.85. The van der Waals surface area contributed by atoms with Crippen molar-refractivity contribution in [2.45, 2.75) is 4.21 Å². The van der Waals surface area contributed by atoms with Crippen molar-refractivity contribution >= 4 is 54.3 Å². The maximum Gasteiger partial charge on any atom is 0.199 e. The van der Waals surface area contributed by atoms with E-state index >= 15 is 0 Å². The lowest BCUT2D eigenvalue weighted by Crippen LogP contribution is -1.83. The first-order valence-electron chi connectivity index (χ1n) is 2.04. The molecule has 0 bridgehead atoms. The van der Waals surface area contributed by atoms with Crippen LogP contribution in [0, 0.1) is 0 Å². The van der Waals surface area contributed by atoms with Gasteiger partial charge in [0.25, 0.3) is 0 Å². The lowest BCUT2D eigenvalue weighted by Gasteiger charge is -1.83. The van der Waals surface area contributed by atoms with Crippen molar-refractivity contribution in [3.05, 3.63) is 8.52 Å². The highest BCUT2D eigenvalue weighted by Gasteiger charge is 2.11. The second kappa shape index (κ2) is 3.40. The van der Waals surface area contributed by atoms with Crippen LogP contribution in [0.5, 0.6) is 0 Å². The minimum absolute atomic E-state index is 0.326. The molecule has 10 heavy (non-hydrogen) atoms. The quantitative estimate of drug-likeness (QED) is 0.810. The molecule has 1 N–H and O–H groups in total. The van der Waals surface area contributed by atoms with E-state index in [1.807, 2.05) is 0 Å². The first-order valence-corrected chi connectivity index (χ1v) is 5.55. The van der Waals surface area contributed by atoms with Crippen molar-refractivity contribution in [1.29, 1.82) is 0 Å². The summed E-state index contributed by atoms with van der Waals surface area (Å²) in [5.74, 6) is 0. The van der Waals surface area contributed by atoms with Crippen LogP contribution in [0.4, 0.5) is 0 Å². The van der Waals surface area contributed by atoms with E-state index in [0.29, 0.717) is 12.7 Å². The van der Waals surface area contributed by atoms with Crippen molar-refractivity contribution in [3.8, 4) is 0 Å². The molecule has 1 rings (SSSR count). The summed E-state index contributed by atoms with van der Waals surface area (Å²) >= 11 is 5.31. The lowest BCUT2D eigenvalue weighted by atomic mass is 11.0. The molecule has 0 fully saturated rings. The van der Waals surface area contributed by atoms with E-state index in [0.717, 1.165) is 11.3 Å². The largest absolute Gasteiger partial charge is 0.302 e. The number of halogens is 2. The van der Waals surface area contributed by atoms with E-state index in [1.54, 1.807) is 0 Å². The van der Waals surface area contributed by atoms with Crippen molar-refractivity contribution in [3.63, 3.8) is 0 Å². The van der Waals surface area contributed by atoms with E-state index < -0.39 is 11.1 Å². The summed E-state index contributed by atoms with van der Waals surface area (Å²) in [5, 5.41) is 0. The molecule has 0 aliphatic carbocycles. The number of rotatable bonds is 1. The van der Waals surface area contributed by atoms with Crippen LogP contribution in [0.3, 0.4) is 0 Å². The van der Waals surface area contributed by atoms with Crippen molar-refractivity contribution in [2.75, 3.05) is 0 Å². The van der Waals surface area contributed by atoms with Crippen LogP contribution in [-0.4, -0.2) is 13.7 Å². The van der Waals surface area contributed by atoms with Gasteiger partial charge in [-0.05, 0) is 31.9 Å². The van der Waals surface area contributed by atoms with Gasteiger partial charge in [0.1, 0.15) is 4.60 Å². The molecule has 1 unspecified atom stereocenters. The summed E-state index contributed by atoms with van der Waals surface area (Å²) in [6.45, 7) is 0. The van der Waals surface area contributed by atoms with Gasteiger partial charge in [-0.15, -0.1) is 0 Å². The van der Waals surface area contributed by atoms with Crippen LogP contribution in [0.15, 0.2) is 12.7 Å². The number of aromatic nitrogens is 1. The van der Waals surface area contributed by atoms with E-state index in [2.05, 4.69) is 36.8 Å². The van der Waals surface area contributed by atoms with Gasteiger partial charge in [0.15, 0.2) is 19.2 Å². The molecule has 0 aliphatic heterocycles. The van der Waals surface area contributed by atoms with E-state index in [9.17, 15) is 4.21 Å². The molecule has 0 aliphatic rings. The predicted molar refractivity (Wildman–Crippen MR) is 46.6 cm³/mol. The van der Waals surface area contributed by atoms with Gasteiger partial charge in [-0.25, -0.2) is 9.19 Å². The zero-order valence-electron chi connectivity index (χ0n) is 4.38. The molecule has 1 atom stereocenters. The fourth-order valence-corrected chi connectivity index (χ4v) is 3.68. The lowest BCUT2D eigenvalue weighted by molar-refractivity contribution is 0.566. The molecule has 0 amide bonds. The molecule has 3 nitrogen and oxygen atoms in total. The van der Waals surface area contributed by atoms with E-state index in [1.165, 1.54) is 0 Å². The molecule has 0 saturated carbocycles. The average molecular weight is 307 g/mol. The SMILES string of the molecule is O=S(O)c1sc(Br)nc1Br. The Morgan fingerprint density at radius 3 is 2.40 bits per heavy atom. The molecular formula is C3HBr2NO2S2. The Morgan fingerprint density at radius 1 is 1.60 bits per heavy atom. The minimum Gasteiger partial charge on any atom is -0.302 e. The highest BCUT2D eigenvalue weighted by atomic mass is 79.9. The fourth-order valence-electron chi connectivity index (χ4n) is 0.372. The van der Waals surface area contributed by atoms with Crippen molar-refractivity contribution < 1.29 is 8.76 Å². The first-order chi connectivity index (χ1) is 4.61. The van der Waals surface area contributed by atoms with Gasteiger partial charge < -0.3 is 4.55 Å². The van der Waals surface area contributed by atoms with E-state index in [4.69, 9.17) is 4.55 Å². The zero-order chi connectivity index (χ0) is 7.72. The first kappa shape index (κ1) is 8.79. The molecular weight excluding hydrogens is 306 g/mol. The van der Waals surface area contributed by atoms with Gasteiger partial charge in [-0.2, -0.15) is 0 Å². The third-order valence-electron chi connectivity index (χ3n) is 0.690. The van der Waals surface area contributed by atoms with Crippen LogP contribution in [0.2, 0.25) is 0 Å². The van der Waals surface area contributed by atoms with Gasteiger partial charge in [0.05, 0.1) is 0 Å². The normalized spacial score (nSPS) is 13.5. The van der Waals surface area contributed by atoms with Crippen LogP contribution in [0.1, 0.15) is 0 Å². The molecule has 0 aromatic carbocycles. The molecule has 1 heterocycles. The topological polar surface area (TPSA) is 50.2 Å². The fraction of sp³-hybridized carbons (Fsp3) is 0. The summed E-state index contributed by atoms with van der Waals surface area (Å²) in [5.41, 5.74) is 0. The van der Waals surface area contributed by atoms with Crippen molar-refractivity contribution in [2.24, 2.45) is 0 Å². The Morgan fingerprint density at radius 2 is 2.20 bits per heavy atom. The van der Waals surface area contributed by atoms with Crippen molar-refractivity contribution in [1.82, 2.24) is 4.98 Å². The zero-order valence-corrected chi connectivity index (χ0v) is 9.18. The number of hydrogen-bond acceptors (Lipinski definition) is 3. The summed E-state index contributed by atoms with van der Waals surface area (Å²) in [6, 6.07) is 0. The van der Waals surface area contributed by atoms with Gasteiger partial charge in [0, 0.05) is 0 Å². The summed E-state index contributed by atoms with van der Waals surface area (Å²) in [7, 11) is 0. The Labute approximate surface area is 80.4 Å². The van der Waals surface area contributed by atoms with Crippen LogP contribution in [0.25, 0.3) is 0 Å². The van der Waals surface area contributed by atoms with Gasteiger partial charge in [-0.1, -0.05) is 11.3 Å². The monoisotopic (exact) mass is 305 g/mol. The summed E-state index contributed by atoms with van der Waals surface area (Å²) in [4.78, 5) is 3.83. The van der Waals surface area contributed by atoms with E-state index in [-0.39, 0.29) is 0 Å².